The van der Waals surface area contributed by atoms with E-state index in [9.17, 15) is 14.0 Å². The van der Waals surface area contributed by atoms with Crippen LogP contribution in [0.2, 0.25) is 5.02 Å². The van der Waals surface area contributed by atoms with E-state index in [0.29, 0.717) is 11.4 Å². The van der Waals surface area contributed by atoms with Gasteiger partial charge >= 0.3 is 13.1 Å². The van der Waals surface area contributed by atoms with E-state index in [1.165, 1.54) is 41.2 Å². The van der Waals surface area contributed by atoms with Crippen LogP contribution in [0.4, 0.5) is 4.39 Å². The number of methoxy groups -OCH3 is 1. The smallest absolute Gasteiger partial charge is 0.489 e. The number of esters is 1. The first-order valence-electron chi connectivity index (χ1n) is 12.9. The second kappa shape index (κ2) is 10.5. The highest BCUT2D eigenvalue weighted by atomic mass is 35.5. The summed E-state index contributed by atoms with van der Waals surface area (Å²) in [4.78, 5) is 27.5. The van der Waals surface area contributed by atoms with Crippen LogP contribution >= 0.6 is 11.6 Å². The monoisotopic (exact) mass is 569 g/mol. The van der Waals surface area contributed by atoms with Crippen molar-refractivity contribution < 1.29 is 32.8 Å². The van der Waals surface area contributed by atoms with Gasteiger partial charge in [0, 0.05) is 12.6 Å². The van der Waals surface area contributed by atoms with Crippen molar-refractivity contribution in [3.05, 3.63) is 71.3 Å². The average molecular weight is 570 g/mol. The summed E-state index contributed by atoms with van der Waals surface area (Å²) in [5.41, 5.74) is 0.488. The van der Waals surface area contributed by atoms with Gasteiger partial charge in [0.05, 0.1) is 47.3 Å². The lowest BCUT2D eigenvalue weighted by Gasteiger charge is -2.32. The fourth-order valence-corrected chi connectivity index (χ4v) is 5.02. The van der Waals surface area contributed by atoms with Crippen molar-refractivity contribution in [1.29, 1.82) is 0 Å². The summed E-state index contributed by atoms with van der Waals surface area (Å²) in [6, 6.07) is 10.4. The molecule has 1 aromatic heterocycles. The van der Waals surface area contributed by atoms with Gasteiger partial charge in [0.1, 0.15) is 23.7 Å². The van der Waals surface area contributed by atoms with Crippen LogP contribution in [-0.4, -0.2) is 70.7 Å². The van der Waals surface area contributed by atoms with Gasteiger partial charge in [-0.3, -0.25) is 4.79 Å². The summed E-state index contributed by atoms with van der Waals surface area (Å²) in [5.74, 6) is -0.881. The molecule has 0 aliphatic carbocycles. The molecule has 0 radical (unpaired) electrons. The van der Waals surface area contributed by atoms with Crippen molar-refractivity contribution in [3.8, 4) is 11.4 Å². The highest BCUT2D eigenvalue weighted by molar-refractivity contribution is 6.62. The molecule has 0 saturated carbocycles. The first-order valence-corrected chi connectivity index (χ1v) is 13.3. The Morgan fingerprint density at radius 2 is 1.85 bits per heavy atom. The minimum absolute atomic E-state index is 0.145. The van der Waals surface area contributed by atoms with Gasteiger partial charge in [-0.1, -0.05) is 23.7 Å². The quantitative estimate of drug-likeness (QED) is 0.329. The molecule has 2 fully saturated rings. The molecule has 2 atom stereocenters. The average Bonchev–Trinajstić information content (AvgIpc) is 3.60. The van der Waals surface area contributed by atoms with E-state index in [1.807, 2.05) is 52.0 Å². The number of ether oxygens (including phenoxy) is 2. The minimum atomic E-state index is -0.841. The third-order valence-electron chi connectivity index (χ3n) is 7.67. The SMILES string of the molecule is COC(=O)C1CC(Oc2cccc(B3OC(C)(C)C(C)(C)O3)c2)CN1C(=O)c1cnn(-c2ccc(F)cc2Cl)c1. The van der Waals surface area contributed by atoms with Gasteiger partial charge in [-0.05, 0) is 63.5 Å². The third-order valence-corrected chi connectivity index (χ3v) is 7.97. The lowest BCUT2D eigenvalue weighted by atomic mass is 9.79. The third kappa shape index (κ3) is 5.33. The van der Waals surface area contributed by atoms with Crippen molar-refractivity contribution in [2.45, 2.75) is 57.5 Å². The molecule has 2 unspecified atom stereocenters. The van der Waals surface area contributed by atoms with Crippen LogP contribution in [-0.2, 0) is 18.8 Å². The molecular weight excluding hydrogens is 540 g/mol. The van der Waals surface area contributed by atoms with Gasteiger partial charge in [0.25, 0.3) is 5.91 Å². The zero-order valence-electron chi connectivity index (χ0n) is 22.9. The number of amides is 1. The number of carbonyl (C=O) groups is 2. The van der Waals surface area contributed by atoms with Crippen molar-refractivity contribution in [3.63, 3.8) is 0 Å². The maximum Gasteiger partial charge on any atom is 0.494 e. The normalized spacial score (nSPS) is 21.5. The van der Waals surface area contributed by atoms with Gasteiger partial charge in [-0.2, -0.15) is 5.10 Å². The Labute approximate surface area is 237 Å². The fourth-order valence-electron chi connectivity index (χ4n) is 4.77. The van der Waals surface area contributed by atoms with Crippen molar-refractivity contribution in [2.24, 2.45) is 0 Å². The number of halogens is 2. The van der Waals surface area contributed by atoms with Crippen LogP contribution in [0.15, 0.2) is 54.9 Å². The molecule has 0 N–H and O–H groups in total. The molecule has 1 amide bonds. The van der Waals surface area contributed by atoms with E-state index >= 15 is 0 Å². The Balaban J connectivity index is 1.32. The first-order chi connectivity index (χ1) is 18.9. The number of benzene rings is 2. The Morgan fingerprint density at radius 3 is 2.52 bits per heavy atom. The lowest BCUT2D eigenvalue weighted by molar-refractivity contribution is -0.145. The zero-order valence-corrected chi connectivity index (χ0v) is 23.6. The summed E-state index contributed by atoms with van der Waals surface area (Å²) in [7, 11) is 0.728. The number of rotatable bonds is 6. The molecule has 2 saturated heterocycles. The van der Waals surface area contributed by atoms with Gasteiger partial charge < -0.3 is 23.7 Å². The highest BCUT2D eigenvalue weighted by Gasteiger charge is 2.51. The fraction of sp³-hybridized carbons (Fsp3) is 0.393. The summed E-state index contributed by atoms with van der Waals surface area (Å²) in [5, 5.41) is 4.35. The van der Waals surface area contributed by atoms with Crippen LogP contribution in [0.1, 0.15) is 44.5 Å². The largest absolute Gasteiger partial charge is 0.494 e. The van der Waals surface area contributed by atoms with Gasteiger partial charge in [-0.15, -0.1) is 0 Å². The molecular formula is C28H30BClFN3O6. The predicted octanol–water partition coefficient (Wildman–Crippen LogP) is 3.80. The summed E-state index contributed by atoms with van der Waals surface area (Å²) >= 11 is 6.15. The number of hydrogen-bond donors (Lipinski definition) is 0. The maximum absolute atomic E-state index is 13.5. The summed E-state index contributed by atoms with van der Waals surface area (Å²) in [6.07, 6.45) is 2.64. The molecule has 210 valence electrons. The van der Waals surface area contributed by atoms with Gasteiger partial charge in [0.2, 0.25) is 0 Å². The Hall–Kier alpha value is -3.41. The van der Waals surface area contributed by atoms with E-state index in [2.05, 4.69) is 5.10 Å². The van der Waals surface area contributed by atoms with Crippen LogP contribution < -0.4 is 10.2 Å². The second-order valence-electron chi connectivity index (χ2n) is 10.9. The number of aromatic nitrogens is 2. The molecule has 3 heterocycles. The number of likely N-dealkylation sites (tertiary alicyclic amines) is 1. The van der Waals surface area contributed by atoms with Crippen molar-refractivity contribution in [1.82, 2.24) is 14.7 Å². The Kier molecular flexibility index (Phi) is 7.41. The Morgan fingerprint density at radius 1 is 1.12 bits per heavy atom. The first kappa shape index (κ1) is 28.1. The molecule has 0 spiro atoms. The van der Waals surface area contributed by atoms with Crippen molar-refractivity contribution >= 4 is 36.1 Å². The topological polar surface area (TPSA) is 92.1 Å². The van der Waals surface area contributed by atoms with Gasteiger partial charge in [0.15, 0.2) is 0 Å². The molecule has 12 heteroatoms. The van der Waals surface area contributed by atoms with E-state index in [0.717, 1.165) is 11.5 Å². The second-order valence-corrected chi connectivity index (χ2v) is 11.3. The van der Waals surface area contributed by atoms with Gasteiger partial charge in [-0.25, -0.2) is 13.9 Å². The summed E-state index contributed by atoms with van der Waals surface area (Å²) < 4.78 is 38.4. The van der Waals surface area contributed by atoms with E-state index in [4.69, 9.17) is 30.4 Å². The molecule has 3 aromatic rings. The molecule has 2 aliphatic rings. The van der Waals surface area contributed by atoms with Crippen LogP contribution in [0.3, 0.4) is 0 Å². The highest BCUT2D eigenvalue weighted by Crippen LogP contribution is 2.37. The molecule has 2 aliphatic heterocycles. The van der Waals surface area contributed by atoms with E-state index < -0.39 is 48.2 Å². The minimum Gasteiger partial charge on any atom is -0.489 e. The van der Waals surface area contributed by atoms with Crippen LogP contribution in [0.25, 0.3) is 5.69 Å². The zero-order chi connectivity index (χ0) is 28.8. The lowest BCUT2D eigenvalue weighted by Crippen LogP contribution is -2.41. The van der Waals surface area contributed by atoms with Crippen LogP contribution in [0, 0.1) is 5.82 Å². The van der Waals surface area contributed by atoms with E-state index in [-0.39, 0.29) is 23.6 Å². The maximum atomic E-state index is 13.5. The number of hydrogen-bond acceptors (Lipinski definition) is 7. The van der Waals surface area contributed by atoms with Crippen LogP contribution in [0.5, 0.6) is 5.75 Å². The Bertz CT molecular complexity index is 1430. The molecule has 9 nitrogen and oxygen atoms in total. The molecule has 5 rings (SSSR count). The molecule has 0 bridgehead atoms. The standard InChI is InChI=1S/C28H30BClFN3O6/c1-27(2)28(3,4)40-29(39-27)18-7-6-8-20(11-18)38-21-13-24(26(36)37-5)33(16-21)25(35)17-14-32-34(15-17)23-10-9-19(31)12-22(23)30/h6-12,14-15,21,24H,13,16H2,1-5H3. The summed E-state index contributed by atoms with van der Waals surface area (Å²) in [6.45, 7) is 8.11. The predicted molar refractivity (Wildman–Crippen MR) is 147 cm³/mol. The van der Waals surface area contributed by atoms with E-state index in [1.54, 1.807) is 0 Å². The van der Waals surface area contributed by atoms with Crippen molar-refractivity contribution in [2.75, 3.05) is 13.7 Å². The number of nitrogens with zero attached hydrogens (tertiary/aromatic N) is 3. The molecule has 2 aromatic carbocycles. The number of carbonyl (C=O) groups excluding carboxylic acids is 2. The molecule has 40 heavy (non-hydrogen) atoms.